The number of halogens is 1. The molecule has 1 aliphatic heterocycles. The molecular weight excluding hydrogens is 297 g/mol. The standard InChI is InChI=1S/C17H14FN3O2/c18-13-10-12(6-8-15(13)22)21-17(23)20-14(7-9-16(20)19-21)11-4-2-1-3-5-11/h1-6,8,10,14,22H,7,9H2/t14-/m0/s1. The highest BCUT2D eigenvalue weighted by Gasteiger charge is 2.29. The molecule has 0 amide bonds. The molecule has 2 heterocycles. The lowest BCUT2D eigenvalue weighted by Gasteiger charge is -2.11. The molecule has 0 saturated carbocycles. The molecule has 0 spiro atoms. The summed E-state index contributed by atoms with van der Waals surface area (Å²) in [6.07, 6.45) is 1.52. The Morgan fingerprint density at radius 3 is 2.70 bits per heavy atom. The average Bonchev–Trinajstić information content (AvgIpc) is 3.12. The Kier molecular flexibility index (Phi) is 3.04. The number of fused-ring (bicyclic) bond motifs is 1. The van der Waals surface area contributed by atoms with Crippen LogP contribution in [0.5, 0.6) is 5.75 Å². The van der Waals surface area contributed by atoms with Gasteiger partial charge in [0, 0.05) is 12.5 Å². The molecule has 6 heteroatoms. The number of hydrogen-bond acceptors (Lipinski definition) is 3. The van der Waals surface area contributed by atoms with Crippen LogP contribution in [0.25, 0.3) is 5.69 Å². The van der Waals surface area contributed by atoms with E-state index in [0.29, 0.717) is 17.9 Å². The molecular formula is C17H14FN3O2. The zero-order valence-corrected chi connectivity index (χ0v) is 12.2. The highest BCUT2D eigenvalue weighted by atomic mass is 19.1. The summed E-state index contributed by atoms with van der Waals surface area (Å²) in [5, 5.41) is 13.6. The molecule has 1 atom stereocenters. The fourth-order valence-electron chi connectivity index (χ4n) is 3.08. The third kappa shape index (κ3) is 2.14. The van der Waals surface area contributed by atoms with Gasteiger partial charge in [0.1, 0.15) is 5.82 Å². The van der Waals surface area contributed by atoms with Gasteiger partial charge in [-0.15, -0.1) is 5.10 Å². The predicted molar refractivity (Wildman–Crippen MR) is 82.3 cm³/mol. The van der Waals surface area contributed by atoms with E-state index < -0.39 is 11.6 Å². The van der Waals surface area contributed by atoms with Gasteiger partial charge in [-0.3, -0.25) is 4.57 Å². The smallest absolute Gasteiger partial charge is 0.351 e. The molecule has 2 aromatic carbocycles. The van der Waals surface area contributed by atoms with E-state index in [4.69, 9.17) is 0 Å². The number of phenolic OH excluding ortho intramolecular Hbond substituents is 1. The topological polar surface area (TPSA) is 60.1 Å². The summed E-state index contributed by atoms with van der Waals surface area (Å²) >= 11 is 0. The molecule has 0 aliphatic carbocycles. The lowest BCUT2D eigenvalue weighted by molar-refractivity contribution is 0.432. The van der Waals surface area contributed by atoms with Crippen molar-refractivity contribution in [2.45, 2.75) is 18.9 Å². The summed E-state index contributed by atoms with van der Waals surface area (Å²) in [6, 6.07) is 13.6. The van der Waals surface area contributed by atoms with Crippen LogP contribution in [-0.2, 0) is 6.42 Å². The van der Waals surface area contributed by atoms with Crippen LogP contribution >= 0.6 is 0 Å². The van der Waals surface area contributed by atoms with Crippen molar-refractivity contribution in [2.24, 2.45) is 0 Å². The van der Waals surface area contributed by atoms with Crippen molar-refractivity contribution in [2.75, 3.05) is 0 Å². The number of nitrogens with zero attached hydrogens (tertiary/aromatic N) is 3. The van der Waals surface area contributed by atoms with Gasteiger partial charge in [0.2, 0.25) is 0 Å². The molecule has 23 heavy (non-hydrogen) atoms. The van der Waals surface area contributed by atoms with Crippen molar-refractivity contribution in [3.8, 4) is 11.4 Å². The van der Waals surface area contributed by atoms with Crippen LogP contribution in [0.15, 0.2) is 53.3 Å². The van der Waals surface area contributed by atoms with Gasteiger partial charge in [-0.2, -0.15) is 4.68 Å². The molecule has 116 valence electrons. The minimum Gasteiger partial charge on any atom is -0.505 e. The Morgan fingerprint density at radius 1 is 1.17 bits per heavy atom. The Morgan fingerprint density at radius 2 is 1.96 bits per heavy atom. The maximum absolute atomic E-state index is 13.5. The van der Waals surface area contributed by atoms with Crippen molar-refractivity contribution in [3.63, 3.8) is 0 Å². The SMILES string of the molecule is O=c1n(-c2ccc(O)c(F)c2)nc2n1[C@H](c1ccccc1)CC2. The largest absolute Gasteiger partial charge is 0.505 e. The van der Waals surface area contributed by atoms with Gasteiger partial charge in [0.25, 0.3) is 0 Å². The normalized spacial score (nSPS) is 16.5. The van der Waals surface area contributed by atoms with E-state index in [9.17, 15) is 14.3 Å². The predicted octanol–water partition coefficient (Wildman–Crippen LogP) is 2.41. The minimum absolute atomic E-state index is 0.0468. The Labute approximate surface area is 131 Å². The first-order chi connectivity index (χ1) is 11.1. The van der Waals surface area contributed by atoms with Gasteiger partial charge in [-0.05, 0) is 24.1 Å². The molecule has 1 N–H and O–H groups in total. The number of aromatic nitrogens is 3. The summed E-state index contributed by atoms with van der Waals surface area (Å²) < 4.78 is 16.4. The third-order valence-electron chi connectivity index (χ3n) is 4.19. The number of hydrogen-bond donors (Lipinski definition) is 1. The van der Waals surface area contributed by atoms with Gasteiger partial charge >= 0.3 is 5.69 Å². The summed E-state index contributed by atoms with van der Waals surface area (Å²) in [5.74, 6) is -0.532. The quantitative estimate of drug-likeness (QED) is 0.790. The molecule has 5 nitrogen and oxygen atoms in total. The lowest BCUT2D eigenvalue weighted by Crippen LogP contribution is -2.26. The van der Waals surface area contributed by atoms with E-state index in [-0.39, 0.29) is 11.7 Å². The summed E-state index contributed by atoms with van der Waals surface area (Å²) in [4.78, 5) is 12.7. The highest BCUT2D eigenvalue weighted by Crippen LogP contribution is 2.29. The third-order valence-corrected chi connectivity index (χ3v) is 4.19. The van der Waals surface area contributed by atoms with Crippen molar-refractivity contribution in [1.82, 2.24) is 14.3 Å². The van der Waals surface area contributed by atoms with Crippen molar-refractivity contribution < 1.29 is 9.50 Å². The molecule has 3 aromatic rings. The maximum Gasteiger partial charge on any atom is 0.351 e. The highest BCUT2D eigenvalue weighted by molar-refractivity contribution is 5.37. The number of rotatable bonds is 2. The molecule has 0 unspecified atom stereocenters. The summed E-state index contributed by atoms with van der Waals surface area (Å²) in [6.45, 7) is 0. The first-order valence-electron chi connectivity index (χ1n) is 7.39. The Hall–Kier alpha value is -2.89. The van der Waals surface area contributed by atoms with Crippen molar-refractivity contribution in [1.29, 1.82) is 0 Å². The Bertz CT molecular complexity index is 931. The zero-order valence-electron chi connectivity index (χ0n) is 12.2. The van der Waals surface area contributed by atoms with Crippen LogP contribution in [0.4, 0.5) is 4.39 Å². The van der Waals surface area contributed by atoms with Crippen molar-refractivity contribution >= 4 is 0 Å². The van der Waals surface area contributed by atoms with Gasteiger partial charge < -0.3 is 5.11 Å². The monoisotopic (exact) mass is 311 g/mol. The summed E-state index contributed by atoms with van der Waals surface area (Å²) in [7, 11) is 0. The van der Waals surface area contributed by atoms with Crippen LogP contribution in [0, 0.1) is 5.82 Å². The molecule has 1 aromatic heterocycles. The molecule has 0 bridgehead atoms. The fourth-order valence-corrected chi connectivity index (χ4v) is 3.08. The van der Waals surface area contributed by atoms with Crippen LogP contribution in [0.3, 0.4) is 0 Å². The van der Waals surface area contributed by atoms with Crippen LogP contribution in [0.1, 0.15) is 23.9 Å². The first kappa shape index (κ1) is 13.8. The van der Waals surface area contributed by atoms with E-state index in [1.165, 1.54) is 16.8 Å². The van der Waals surface area contributed by atoms with Gasteiger partial charge in [-0.1, -0.05) is 30.3 Å². The molecule has 0 saturated heterocycles. The molecule has 0 fully saturated rings. The second kappa shape index (κ2) is 5.08. The van der Waals surface area contributed by atoms with E-state index in [1.807, 2.05) is 30.3 Å². The van der Waals surface area contributed by atoms with Crippen molar-refractivity contribution in [3.05, 3.63) is 76.2 Å². The van der Waals surface area contributed by atoms with Crippen LogP contribution < -0.4 is 5.69 Å². The number of aryl methyl sites for hydroxylation is 1. The average molecular weight is 311 g/mol. The number of aromatic hydroxyl groups is 1. The maximum atomic E-state index is 13.5. The summed E-state index contributed by atoms with van der Waals surface area (Å²) in [5.41, 5.74) is 1.07. The number of phenols is 1. The second-order valence-electron chi connectivity index (χ2n) is 5.58. The molecule has 0 radical (unpaired) electrons. The first-order valence-corrected chi connectivity index (χ1v) is 7.39. The molecule has 1 aliphatic rings. The van der Waals surface area contributed by atoms with Gasteiger partial charge in [-0.25, -0.2) is 9.18 Å². The second-order valence-corrected chi connectivity index (χ2v) is 5.58. The molecule has 4 rings (SSSR count). The van der Waals surface area contributed by atoms with Gasteiger partial charge in [0.15, 0.2) is 11.6 Å². The van der Waals surface area contributed by atoms with Gasteiger partial charge in [0.05, 0.1) is 11.7 Å². The lowest BCUT2D eigenvalue weighted by atomic mass is 10.1. The minimum atomic E-state index is -0.776. The fraction of sp³-hybridized carbons (Fsp3) is 0.176. The number of benzene rings is 2. The van der Waals surface area contributed by atoms with E-state index in [2.05, 4.69) is 5.10 Å². The Balaban J connectivity index is 1.82. The van der Waals surface area contributed by atoms with Crippen LogP contribution in [-0.4, -0.2) is 19.5 Å². The van der Waals surface area contributed by atoms with E-state index >= 15 is 0 Å². The zero-order chi connectivity index (χ0) is 16.0. The van der Waals surface area contributed by atoms with E-state index in [0.717, 1.165) is 18.1 Å². The van der Waals surface area contributed by atoms with E-state index in [1.54, 1.807) is 4.57 Å². The van der Waals surface area contributed by atoms with Crippen LogP contribution in [0.2, 0.25) is 0 Å².